The molecular formula is C11H20N2OP+. The zero-order valence-corrected chi connectivity index (χ0v) is 10.6. The summed E-state index contributed by atoms with van der Waals surface area (Å²) in [6.45, 7) is 5.53. The Hall–Kier alpha value is -0.790. The lowest BCUT2D eigenvalue weighted by molar-refractivity contribution is -0.623. The molecule has 0 saturated heterocycles. The number of nitrogens with one attached hydrogen (secondary N) is 1. The normalized spacial score (nSPS) is 11.4. The van der Waals surface area contributed by atoms with Gasteiger partial charge in [-0.2, -0.15) is 0 Å². The van der Waals surface area contributed by atoms with Crippen LogP contribution in [0.4, 0.5) is 5.69 Å². The molecule has 0 unspecified atom stereocenters. The van der Waals surface area contributed by atoms with Gasteiger partial charge in [-0.25, -0.2) is 0 Å². The fourth-order valence-electron chi connectivity index (χ4n) is 1.44. The van der Waals surface area contributed by atoms with Crippen molar-refractivity contribution in [2.24, 2.45) is 0 Å². The van der Waals surface area contributed by atoms with Crippen LogP contribution in [0.5, 0.6) is 0 Å². The minimum absolute atomic E-state index is 0.896. The fraction of sp³-hybridized carbons (Fsp3) is 0.455. The Morgan fingerprint density at radius 1 is 1.33 bits per heavy atom. The third kappa shape index (κ3) is 3.69. The quantitative estimate of drug-likeness (QED) is 0.569. The summed E-state index contributed by atoms with van der Waals surface area (Å²) < 4.78 is 12.0. The molecule has 0 spiro atoms. The van der Waals surface area contributed by atoms with Gasteiger partial charge >= 0.3 is 0 Å². The van der Waals surface area contributed by atoms with Crippen LogP contribution >= 0.6 is 7.14 Å². The predicted molar refractivity (Wildman–Crippen MR) is 66.7 cm³/mol. The largest absolute Gasteiger partial charge is 0.379 e. The second-order valence-electron chi connectivity index (χ2n) is 3.99. The SMILES string of the molecule is C[NH2+]CCNc1ccccc1P(C)(C)=O. The molecule has 1 rings (SSSR count). The number of anilines is 1. The van der Waals surface area contributed by atoms with Crippen molar-refractivity contribution in [3.63, 3.8) is 0 Å². The number of nitrogens with two attached hydrogens (primary N) is 1. The van der Waals surface area contributed by atoms with Crippen molar-refractivity contribution in [3.05, 3.63) is 24.3 Å². The third-order valence-corrected chi connectivity index (χ3v) is 3.78. The number of para-hydroxylation sites is 1. The molecule has 3 nitrogen and oxygen atoms in total. The van der Waals surface area contributed by atoms with E-state index >= 15 is 0 Å². The van der Waals surface area contributed by atoms with Crippen molar-refractivity contribution in [2.45, 2.75) is 0 Å². The van der Waals surface area contributed by atoms with Crippen molar-refractivity contribution in [2.75, 3.05) is 38.8 Å². The third-order valence-electron chi connectivity index (χ3n) is 2.23. The van der Waals surface area contributed by atoms with Gasteiger partial charge in [0.2, 0.25) is 0 Å². The summed E-state index contributed by atoms with van der Waals surface area (Å²) in [5, 5.41) is 6.38. The molecule has 0 aromatic heterocycles. The Balaban J connectivity index is 2.83. The van der Waals surface area contributed by atoms with Crippen LogP contribution in [-0.4, -0.2) is 33.5 Å². The number of quaternary nitrogens is 1. The molecule has 0 atom stereocenters. The van der Waals surface area contributed by atoms with Gasteiger partial charge in [-0.3, -0.25) is 0 Å². The van der Waals surface area contributed by atoms with Crippen LogP contribution in [0, 0.1) is 0 Å². The zero-order chi connectivity index (χ0) is 11.3. The van der Waals surface area contributed by atoms with E-state index in [0.29, 0.717) is 0 Å². The minimum atomic E-state index is -2.18. The number of benzene rings is 1. The van der Waals surface area contributed by atoms with Crippen LogP contribution in [0.1, 0.15) is 0 Å². The lowest BCUT2D eigenvalue weighted by Crippen LogP contribution is -2.81. The summed E-state index contributed by atoms with van der Waals surface area (Å²) in [5.74, 6) is 0. The minimum Gasteiger partial charge on any atom is -0.379 e. The van der Waals surface area contributed by atoms with Gasteiger partial charge in [-0.1, -0.05) is 12.1 Å². The summed E-state index contributed by atoms with van der Waals surface area (Å²) in [6, 6.07) is 7.84. The first-order valence-electron chi connectivity index (χ1n) is 5.22. The van der Waals surface area contributed by atoms with E-state index in [4.69, 9.17) is 0 Å². The van der Waals surface area contributed by atoms with Gasteiger partial charge in [0.1, 0.15) is 7.14 Å². The number of likely N-dealkylation sites (N-methyl/N-ethyl adjacent to an activating group) is 1. The van der Waals surface area contributed by atoms with E-state index in [1.807, 2.05) is 31.3 Å². The van der Waals surface area contributed by atoms with Crippen LogP contribution in [-0.2, 0) is 4.57 Å². The Morgan fingerprint density at radius 3 is 2.60 bits per heavy atom. The average molecular weight is 227 g/mol. The number of hydrogen-bond acceptors (Lipinski definition) is 2. The fourth-order valence-corrected chi connectivity index (χ4v) is 2.62. The maximum absolute atomic E-state index is 12.0. The van der Waals surface area contributed by atoms with Crippen LogP contribution in [0.25, 0.3) is 0 Å². The van der Waals surface area contributed by atoms with E-state index in [1.165, 1.54) is 0 Å². The highest BCUT2D eigenvalue weighted by molar-refractivity contribution is 7.70. The topological polar surface area (TPSA) is 45.7 Å². The Morgan fingerprint density at radius 2 is 2.00 bits per heavy atom. The highest BCUT2D eigenvalue weighted by Crippen LogP contribution is 2.37. The molecular weight excluding hydrogens is 207 g/mol. The first kappa shape index (κ1) is 12.3. The molecule has 1 aromatic rings. The Kier molecular flexibility index (Phi) is 4.37. The van der Waals surface area contributed by atoms with Crippen molar-refractivity contribution >= 4 is 18.1 Å². The molecule has 0 aliphatic carbocycles. The molecule has 0 amide bonds. The van der Waals surface area contributed by atoms with Gasteiger partial charge in [0.25, 0.3) is 0 Å². The molecule has 0 saturated carbocycles. The summed E-state index contributed by atoms with van der Waals surface area (Å²) in [7, 11) is -0.137. The highest BCUT2D eigenvalue weighted by Gasteiger charge is 2.14. The zero-order valence-electron chi connectivity index (χ0n) is 9.66. The van der Waals surface area contributed by atoms with E-state index in [2.05, 4.69) is 10.6 Å². The van der Waals surface area contributed by atoms with Gasteiger partial charge in [-0.15, -0.1) is 0 Å². The van der Waals surface area contributed by atoms with E-state index in [0.717, 1.165) is 24.1 Å². The summed E-state index contributed by atoms with van der Waals surface area (Å²) in [5.41, 5.74) is 1.01. The number of rotatable bonds is 5. The molecule has 0 heterocycles. The van der Waals surface area contributed by atoms with Gasteiger partial charge in [0, 0.05) is 11.0 Å². The van der Waals surface area contributed by atoms with Crippen molar-refractivity contribution in [1.29, 1.82) is 0 Å². The second kappa shape index (κ2) is 5.34. The molecule has 0 aliphatic rings. The predicted octanol–water partition coefficient (Wildman–Crippen LogP) is 0.540. The molecule has 3 N–H and O–H groups in total. The molecule has 15 heavy (non-hydrogen) atoms. The van der Waals surface area contributed by atoms with Crippen LogP contribution in [0.15, 0.2) is 24.3 Å². The summed E-state index contributed by atoms with van der Waals surface area (Å²) in [4.78, 5) is 0. The molecule has 0 fully saturated rings. The Labute approximate surface area is 91.6 Å². The molecule has 0 aliphatic heterocycles. The smallest absolute Gasteiger partial charge is 0.111 e. The van der Waals surface area contributed by atoms with Gasteiger partial charge in [0.15, 0.2) is 0 Å². The molecule has 0 radical (unpaired) electrons. The van der Waals surface area contributed by atoms with Gasteiger partial charge in [0.05, 0.1) is 20.1 Å². The average Bonchev–Trinajstić information content (AvgIpc) is 2.17. The summed E-state index contributed by atoms with van der Waals surface area (Å²) >= 11 is 0. The van der Waals surface area contributed by atoms with Crippen molar-refractivity contribution < 1.29 is 9.88 Å². The van der Waals surface area contributed by atoms with E-state index < -0.39 is 7.14 Å². The monoisotopic (exact) mass is 227 g/mol. The maximum atomic E-state index is 12.0. The first-order valence-corrected chi connectivity index (χ1v) is 7.82. The molecule has 1 aromatic carbocycles. The van der Waals surface area contributed by atoms with E-state index in [-0.39, 0.29) is 0 Å². The molecule has 84 valence electrons. The molecule has 4 heteroatoms. The number of hydrogen-bond donors (Lipinski definition) is 2. The standard InChI is InChI=1S/C11H19N2OP/c1-12-8-9-13-10-6-4-5-7-11(10)15(2,3)14/h4-7,12-13H,8-9H2,1-3H3/p+1. The van der Waals surface area contributed by atoms with E-state index in [1.54, 1.807) is 13.3 Å². The maximum Gasteiger partial charge on any atom is 0.111 e. The molecule has 0 bridgehead atoms. The van der Waals surface area contributed by atoms with E-state index in [9.17, 15) is 4.57 Å². The van der Waals surface area contributed by atoms with Gasteiger partial charge < -0.3 is 15.2 Å². The highest BCUT2D eigenvalue weighted by atomic mass is 31.2. The lowest BCUT2D eigenvalue weighted by atomic mass is 10.3. The second-order valence-corrected chi connectivity index (χ2v) is 7.18. The van der Waals surface area contributed by atoms with Gasteiger partial charge in [-0.05, 0) is 25.5 Å². The van der Waals surface area contributed by atoms with Crippen LogP contribution in [0.3, 0.4) is 0 Å². The first-order chi connectivity index (χ1) is 7.05. The van der Waals surface area contributed by atoms with Crippen LogP contribution in [0.2, 0.25) is 0 Å². The van der Waals surface area contributed by atoms with Crippen molar-refractivity contribution in [1.82, 2.24) is 0 Å². The van der Waals surface area contributed by atoms with Crippen molar-refractivity contribution in [3.8, 4) is 0 Å². The van der Waals surface area contributed by atoms with Crippen LogP contribution < -0.4 is 15.9 Å². The Bertz CT molecular complexity index is 359. The lowest BCUT2D eigenvalue weighted by Gasteiger charge is -2.14. The summed E-state index contributed by atoms with van der Waals surface area (Å²) in [6.07, 6.45) is 0.